The third kappa shape index (κ3) is 4.36. The molecule has 3 nitrogen and oxygen atoms in total. The van der Waals surface area contributed by atoms with Crippen molar-refractivity contribution >= 4 is 0 Å². The van der Waals surface area contributed by atoms with Crippen LogP contribution in [0.3, 0.4) is 0 Å². The summed E-state index contributed by atoms with van der Waals surface area (Å²) < 4.78 is 12.0. The maximum atomic E-state index is 6.50. The molecule has 1 aliphatic carbocycles. The van der Waals surface area contributed by atoms with Gasteiger partial charge in [-0.1, -0.05) is 36.4 Å². The Morgan fingerprint density at radius 2 is 1.71 bits per heavy atom. The van der Waals surface area contributed by atoms with E-state index in [-0.39, 0.29) is 5.92 Å². The summed E-state index contributed by atoms with van der Waals surface area (Å²) in [5.41, 5.74) is 3.78. The van der Waals surface area contributed by atoms with Gasteiger partial charge in [-0.05, 0) is 61.4 Å². The Labute approximate surface area is 167 Å². The van der Waals surface area contributed by atoms with Gasteiger partial charge in [0.2, 0.25) is 0 Å². The van der Waals surface area contributed by atoms with Crippen LogP contribution in [0.15, 0.2) is 73.1 Å². The maximum absolute atomic E-state index is 6.50. The van der Waals surface area contributed by atoms with Crippen LogP contribution in [0.4, 0.5) is 0 Å². The van der Waals surface area contributed by atoms with E-state index in [0.717, 1.165) is 30.8 Å². The Hall–Kier alpha value is -2.81. The molecule has 3 aromatic rings. The summed E-state index contributed by atoms with van der Waals surface area (Å²) in [4.78, 5) is 4.17. The fourth-order valence-corrected chi connectivity index (χ4v) is 4.06. The van der Waals surface area contributed by atoms with Gasteiger partial charge in [0.25, 0.3) is 0 Å². The first kappa shape index (κ1) is 18.5. The van der Waals surface area contributed by atoms with Gasteiger partial charge >= 0.3 is 0 Å². The fraction of sp³-hybridized carbons (Fsp3) is 0.320. The predicted molar refractivity (Wildman–Crippen MR) is 112 cm³/mol. The zero-order valence-electron chi connectivity index (χ0n) is 16.4. The van der Waals surface area contributed by atoms with Crippen molar-refractivity contribution in [2.24, 2.45) is 0 Å². The lowest BCUT2D eigenvalue weighted by Crippen LogP contribution is -2.14. The first-order valence-corrected chi connectivity index (χ1v) is 10.1. The number of benzene rings is 2. The summed E-state index contributed by atoms with van der Waals surface area (Å²) in [6.07, 6.45) is 9.71. The number of hydrogen-bond donors (Lipinski definition) is 0. The number of nitrogens with zero attached hydrogens (tertiary/aromatic N) is 1. The molecule has 4 rings (SSSR count). The van der Waals surface area contributed by atoms with Crippen LogP contribution in [0.5, 0.6) is 11.5 Å². The van der Waals surface area contributed by atoms with Gasteiger partial charge in [0.05, 0.1) is 13.2 Å². The van der Waals surface area contributed by atoms with Gasteiger partial charge in [0.1, 0.15) is 11.5 Å². The topological polar surface area (TPSA) is 31.4 Å². The van der Waals surface area contributed by atoms with Crippen LogP contribution in [0.25, 0.3) is 0 Å². The lowest BCUT2D eigenvalue weighted by atomic mass is 9.85. The van der Waals surface area contributed by atoms with Crippen molar-refractivity contribution in [2.75, 3.05) is 7.11 Å². The number of hydrogen-bond acceptors (Lipinski definition) is 3. The smallest absolute Gasteiger partial charge is 0.127 e. The molecule has 0 radical (unpaired) electrons. The third-order valence-corrected chi connectivity index (χ3v) is 5.58. The molecule has 1 aliphatic rings. The predicted octanol–water partition coefficient (Wildman–Crippen LogP) is 5.79. The molecule has 1 saturated carbocycles. The van der Waals surface area contributed by atoms with Crippen LogP contribution >= 0.6 is 0 Å². The van der Waals surface area contributed by atoms with Gasteiger partial charge in [0.15, 0.2) is 0 Å². The fourth-order valence-electron chi connectivity index (χ4n) is 4.06. The number of methoxy groups -OCH3 is 1. The van der Waals surface area contributed by atoms with Crippen LogP contribution in [0, 0.1) is 0 Å². The second-order valence-electron chi connectivity index (χ2n) is 7.45. The second-order valence-corrected chi connectivity index (χ2v) is 7.45. The van der Waals surface area contributed by atoms with Crippen molar-refractivity contribution in [3.63, 3.8) is 0 Å². The van der Waals surface area contributed by atoms with Crippen LogP contribution in [0.1, 0.15) is 48.3 Å². The molecule has 0 N–H and O–H groups in total. The lowest BCUT2D eigenvalue weighted by Gasteiger charge is -2.24. The molecule has 2 aromatic carbocycles. The van der Waals surface area contributed by atoms with Gasteiger partial charge in [0, 0.05) is 29.9 Å². The Morgan fingerprint density at radius 1 is 0.964 bits per heavy atom. The summed E-state index contributed by atoms with van der Waals surface area (Å²) in [5.74, 6) is 2.01. The lowest BCUT2D eigenvalue weighted by molar-refractivity contribution is 0.206. The zero-order chi connectivity index (χ0) is 19.2. The van der Waals surface area contributed by atoms with E-state index >= 15 is 0 Å². The van der Waals surface area contributed by atoms with Crippen molar-refractivity contribution < 1.29 is 9.47 Å². The van der Waals surface area contributed by atoms with E-state index in [4.69, 9.17) is 9.47 Å². The number of ether oxygens (including phenoxy) is 2. The highest BCUT2D eigenvalue weighted by molar-refractivity contribution is 5.47. The molecule has 0 spiro atoms. The Morgan fingerprint density at radius 3 is 2.43 bits per heavy atom. The van der Waals surface area contributed by atoms with E-state index in [1.165, 1.54) is 29.5 Å². The highest BCUT2D eigenvalue weighted by Gasteiger charge is 2.23. The zero-order valence-corrected chi connectivity index (χ0v) is 16.4. The molecule has 1 heterocycles. The van der Waals surface area contributed by atoms with Crippen molar-refractivity contribution in [3.8, 4) is 11.5 Å². The first-order valence-electron chi connectivity index (χ1n) is 10.1. The van der Waals surface area contributed by atoms with Crippen molar-refractivity contribution in [1.29, 1.82) is 0 Å². The standard InChI is InChI=1S/C25H27NO2/c1-27-22-11-12-23(25(18-22)28-21-9-5-6-10-21)24(20-7-3-2-4-8-20)17-19-13-15-26-16-14-19/h2-4,7-8,11-16,18,21,24H,5-6,9-10,17H2,1H3. The highest BCUT2D eigenvalue weighted by atomic mass is 16.5. The van der Waals surface area contributed by atoms with Gasteiger partial charge in [-0.15, -0.1) is 0 Å². The van der Waals surface area contributed by atoms with Crippen LogP contribution in [0.2, 0.25) is 0 Å². The summed E-state index contributed by atoms with van der Waals surface area (Å²) in [6, 6.07) is 21.1. The largest absolute Gasteiger partial charge is 0.497 e. The molecule has 0 aliphatic heterocycles. The second kappa shape index (κ2) is 8.92. The molecule has 28 heavy (non-hydrogen) atoms. The Kier molecular flexibility index (Phi) is 5.91. The average molecular weight is 373 g/mol. The van der Waals surface area contributed by atoms with E-state index in [1.807, 2.05) is 18.5 Å². The molecule has 1 atom stereocenters. The van der Waals surface area contributed by atoms with E-state index in [1.54, 1.807) is 7.11 Å². The summed E-state index contributed by atoms with van der Waals surface area (Å²) in [7, 11) is 1.71. The van der Waals surface area contributed by atoms with E-state index < -0.39 is 0 Å². The van der Waals surface area contributed by atoms with Gasteiger partial charge in [-0.25, -0.2) is 0 Å². The molecule has 3 heteroatoms. The molecular weight excluding hydrogens is 346 g/mol. The van der Waals surface area contributed by atoms with E-state index in [9.17, 15) is 0 Å². The van der Waals surface area contributed by atoms with Gasteiger partial charge in [-0.3, -0.25) is 4.98 Å². The first-order chi connectivity index (χ1) is 13.8. The summed E-state index contributed by atoms with van der Waals surface area (Å²) in [6.45, 7) is 0. The minimum absolute atomic E-state index is 0.214. The van der Waals surface area contributed by atoms with Gasteiger partial charge < -0.3 is 9.47 Å². The SMILES string of the molecule is COc1ccc(C(Cc2ccncc2)c2ccccc2)c(OC2CCCC2)c1. The quantitative estimate of drug-likeness (QED) is 0.525. The summed E-state index contributed by atoms with van der Waals surface area (Å²) >= 11 is 0. The maximum Gasteiger partial charge on any atom is 0.127 e. The Balaban J connectivity index is 1.74. The van der Waals surface area contributed by atoms with Crippen molar-refractivity contribution in [2.45, 2.75) is 44.1 Å². The molecule has 0 amide bonds. The van der Waals surface area contributed by atoms with Crippen LogP contribution in [-0.4, -0.2) is 18.2 Å². The molecule has 0 saturated heterocycles. The van der Waals surface area contributed by atoms with E-state index in [2.05, 4.69) is 59.6 Å². The van der Waals surface area contributed by atoms with Crippen LogP contribution < -0.4 is 9.47 Å². The monoisotopic (exact) mass is 373 g/mol. The van der Waals surface area contributed by atoms with Crippen LogP contribution in [-0.2, 0) is 6.42 Å². The molecular formula is C25H27NO2. The highest BCUT2D eigenvalue weighted by Crippen LogP contribution is 2.38. The molecule has 1 unspecified atom stereocenters. The molecule has 1 aromatic heterocycles. The number of rotatable bonds is 7. The van der Waals surface area contributed by atoms with E-state index in [0.29, 0.717) is 6.10 Å². The summed E-state index contributed by atoms with van der Waals surface area (Å²) in [5, 5.41) is 0. The Bertz CT molecular complexity index is 874. The molecule has 0 bridgehead atoms. The normalized spacial score (nSPS) is 15.3. The molecule has 1 fully saturated rings. The average Bonchev–Trinajstić information content (AvgIpc) is 3.27. The van der Waals surface area contributed by atoms with Gasteiger partial charge in [-0.2, -0.15) is 0 Å². The number of aromatic nitrogens is 1. The van der Waals surface area contributed by atoms with Crippen molar-refractivity contribution in [1.82, 2.24) is 4.98 Å². The third-order valence-electron chi connectivity index (χ3n) is 5.58. The minimum atomic E-state index is 0.214. The minimum Gasteiger partial charge on any atom is -0.497 e. The van der Waals surface area contributed by atoms with Crippen molar-refractivity contribution in [3.05, 3.63) is 89.7 Å². The number of pyridine rings is 1. The molecule has 144 valence electrons.